The van der Waals surface area contributed by atoms with Gasteiger partial charge in [0.25, 0.3) is 0 Å². The van der Waals surface area contributed by atoms with Crippen LogP contribution in [-0.4, -0.2) is 35.8 Å². The summed E-state index contributed by atoms with van der Waals surface area (Å²) >= 11 is 0. The second-order valence-corrected chi connectivity index (χ2v) is 7.05. The lowest BCUT2D eigenvalue weighted by Gasteiger charge is -2.16. The quantitative estimate of drug-likeness (QED) is 0.341. The van der Waals surface area contributed by atoms with Crippen molar-refractivity contribution in [1.29, 1.82) is 0 Å². The molecule has 0 spiro atoms. The number of ether oxygens (including phenoxy) is 1. The molecule has 3 aromatic rings. The van der Waals surface area contributed by atoms with Gasteiger partial charge in [-0.05, 0) is 43.7 Å². The van der Waals surface area contributed by atoms with Crippen LogP contribution in [0.1, 0.15) is 29.8 Å². The predicted molar refractivity (Wildman–Crippen MR) is 118 cm³/mol. The number of aliphatic hydroxyl groups is 1. The number of aliphatic hydroxyl groups excluding tert-OH is 1. The van der Waals surface area contributed by atoms with Crippen LogP contribution in [0, 0.1) is 6.92 Å². The van der Waals surface area contributed by atoms with E-state index in [1.165, 1.54) is 24.3 Å². The summed E-state index contributed by atoms with van der Waals surface area (Å²) in [4.78, 5) is 8.94. The zero-order valence-corrected chi connectivity index (χ0v) is 17.9. The predicted octanol–water partition coefficient (Wildman–Crippen LogP) is 4.04. The second kappa shape index (κ2) is 11.2. The van der Waals surface area contributed by atoms with Crippen LogP contribution in [0.3, 0.4) is 0 Å². The Morgan fingerprint density at radius 2 is 1.84 bits per heavy atom. The Hall–Kier alpha value is -3.46. The molecule has 0 fully saturated rings. The first-order valence-corrected chi connectivity index (χ1v) is 10.2. The summed E-state index contributed by atoms with van der Waals surface area (Å²) in [5.41, 5.74) is 3.29. The molecular formula is C23H26F2N4O3. The van der Waals surface area contributed by atoms with Gasteiger partial charge in [-0.15, -0.1) is 0 Å². The number of nitrogens with one attached hydrogen (secondary N) is 2. The molecule has 3 N–H and O–H groups in total. The normalized spacial score (nSPS) is 12.6. The van der Waals surface area contributed by atoms with Gasteiger partial charge in [0.2, 0.25) is 5.89 Å². The van der Waals surface area contributed by atoms with E-state index < -0.39 is 12.7 Å². The van der Waals surface area contributed by atoms with Gasteiger partial charge in [-0.25, -0.2) is 9.98 Å². The van der Waals surface area contributed by atoms with Gasteiger partial charge in [0, 0.05) is 18.7 Å². The maximum Gasteiger partial charge on any atom is 0.387 e. The Kier molecular flexibility index (Phi) is 8.15. The number of benzene rings is 2. The molecule has 1 atom stereocenters. The van der Waals surface area contributed by atoms with E-state index in [0.717, 1.165) is 11.1 Å². The topological polar surface area (TPSA) is 91.9 Å². The molecule has 0 saturated carbocycles. The van der Waals surface area contributed by atoms with E-state index in [9.17, 15) is 13.9 Å². The molecule has 32 heavy (non-hydrogen) atoms. The number of hydrogen-bond acceptors (Lipinski definition) is 5. The highest BCUT2D eigenvalue weighted by molar-refractivity contribution is 5.79. The summed E-state index contributed by atoms with van der Waals surface area (Å²) in [5, 5.41) is 16.5. The monoisotopic (exact) mass is 444 g/mol. The highest BCUT2D eigenvalue weighted by atomic mass is 19.3. The summed E-state index contributed by atoms with van der Waals surface area (Å²) in [5.74, 6) is 1.07. The number of alkyl halides is 2. The van der Waals surface area contributed by atoms with Crippen LogP contribution in [0.5, 0.6) is 5.75 Å². The molecule has 0 aliphatic rings. The van der Waals surface area contributed by atoms with Gasteiger partial charge in [0.1, 0.15) is 17.7 Å². The van der Waals surface area contributed by atoms with E-state index in [0.29, 0.717) is 36.2 Å². The van der Waals surface area contributed by atoms with Gasteiger partial charge in [0.05, 0.1) is 12.6 Å². The van der Waals surface area contributed by atoms with Crippen LogP contribution in [0.4, 0.5) is 8.78 Å². The zero-order valence-electron chi connectivity index (χ0n) is 17.9. The van der Waals surface area contributed by atoms with Crippen molar-refractivity contribution in [2.75, 3.05) is 13.1 Å². The molecule has 0 aliphatic carbocycles. The van der Waals surface area contributed by atoms with Crippen LogP contribution in [0.2, 0.25) is 0 Å². The number of aryl methyl sites for hydroxylation is 1. The van der Waals surface area contributed by atoms with E-state index >= 15 is 0 Å². The fraction of sp³-hybridized carbons (Fsp3) is 0.304. The first-order chi connectivity index (χ1) is 15.4. The van der Waals surface area contributed by atoms with Crippen molar-refractivity contribution in [2.24, 2.45) is 4.99 Å². The van der Waals surface area contributed by atoms with Crippen molar-refractivity contribution < 1.29 is 23.0 Å². The number of aromatic nitrogens is 1. The van der Waals surface area contributed by atoms with Crippen LogP contribution in [-0.2, 0) is 6.54 Å². The van der Waals surface area contributed by atoms with E-state index in [4.69, 9.17) is 4.42 Å². The van der Waals surface area contributed by atoms with Crippen molar-refractivity contribution in [2.45, 2.75) is 33.1 Å². The Morgan fingerprint density at radius 1 is 1.12 bits per heavy atom. The number of nitrogens with zero attached hydrogens (tertiary/aromatic N) is 2. The lowest BCUT2D eigenvalue weighted by Crippen LogP contribution is -2.39. The minimum atomic E-state index is -2.89. The summed E-state index contributed by atoms with van der Waals surface area (Å²) in [6.07, 6.45) is 0.708. The number of halogens is 2. The zero-order chi connectivity index (χ0) is 22.9. The summed E-state index contributed by atoms with van der Waals surface area (Å²) < 4.78 is 34.4. The van der Waals surface area contributed by atoms with Crippen molar-refractivity contribution in [3.8, 4) is 17.2 Å². The average molecular weight is 444 g/mol. The van der Waals surface area contributed by atoms with Crippen molar-refractivity contribution >= 4 is 5.96 Å². The third-order valence-electron chi connectivity index (χ3n) is 4.55. The highest BCUT2D eigenvalue weighted by Gasteiger charge is 2.11. The maximum atomic E-state index is 12.2. The van der Waals surface area contributed by atoms with E-state index in [1.807, 2.05) is 38.1 Å². The largest absolute Gasteiger partial charge is 0.444 e. The number of guanidine groups is 1. The molecular weight excluding hydrogens is 418 g/mol. The number of aliphatic imine (C=N–C) groups is 1. The molecule has 0 amide bonds. The van der Waals surface area contributed by atoms with Gasteiger partial charge in [0.15, 0.2) is 5.96 Å². The third kappa shape index (κ3) is 6.78. The van der Waals surface area contributed by atoms with Gasteiger partial charge >= 0.3 is 6.61 Å². The summed E-state index contributed by atoms with van der Waals surface area (Å²) in [7, 11) is 0. The number of oxazole rings is 1. The van der Waals surface area contributed by atoms with E-state index in [1.54, 1.807) is 6.26 Å². The van der Waals surface area contributed by atoms with E-state index in [2.05, 4.69) is 25.3 Å². The van der Waals surface area contributed by atoms with Gasteiger partial charge in [-0.2, -0.15) is 8.78 Å². The molecule has 0 aliphatic heterocycles. The lowest BCUT2D eigenvalue weighted by atomic mass is 10.1. The Balaban J connectivity index is 1.57. The molecule has 3 rings (SSSR count). The molecule has 0 saturated heterocycles. The Bertz CT molecular complexity index is 1000. The van der Waals surface area contributed by atoms with E-state index in [-0.39, 0.29) is 12.3 Å². The summed E-state index contributed by atoms with van der Waals surface area (Å²) in [6, 6.07) is 13.7. The van der Waals surface area contributed by atoms with Crippen LogP contribution >= 0.6 is 0 Å². The molecule has 9 heteroatoms. The molecule has 1 unspecified atom stereocenters. The number of rotatable bonds is 9. The minimum Gasteiger partial charge on any atom is -0.444 e. The smallest absolute Gasteiger partial charge is 0.387 e. The molecule has 170 valence electrons. The second-order valence-electron chi connectivity index (χ2n) is 7.05. The standard InChI is InChI=1S/C23H26F2N4O3/c1-3-26-23(28-13-20(30)16-8-10-19(11-9-16)32-22(24)25)27-12-18-14-31-21(29-18)17-6-4-15(2)5-7-17/h4-11,14,20,22,30H,3,12-13H2,1-2H3,(H2,26,27,28). The molecule has 0 bridgehead atoms. The lowest BCUT2D eigenvalue weighted by molar-refractivity contribution is -0.0498. The van der Waals surface area contributed by atoms with Crippen LogP contribution < -0.4 is 15.4 Å². The molecule has 1 heterocycles. The van der Waals surface area contributed by atoms with Crippen molar-refractivity contribution in [3.63, 3.8) is 0 Å². The van der Waals surface area contributed by atoms with Crippen molar-refractivity contribution in [3.05, 3.63) is 71.6 Å². The van der Waals surface area contributed by atoms with Crippen LogP contribution in [0.25, 0.3) is 11.5 Å². The molecule has 2 aromatic carbocycles. The average Bonchev–Trinajstić information content (AvgIpc) is 3.25. The molecule has 1 aromatic heterocycles. The summed E-state index contributed by atoms with van der Waals surface area (Å²) in [6.45, 7) is 2.16. The highest BCUT2D eigenvalue weighted by Crippen LogP contribution is 2.20. The molecule has 7 nitrogen and oxygen atoms in total. The van der Waals surface area contributed by atoms with Gasteiger partial charge in [-0.1, -0.05) is 29.8 Å². The van der Waals surface area contributed by atoms with Gasteiger partial charge < -0.3 is 24.9 Å². The number of hydrogen-bond donors (Lipinski definition) is 3. The molecule has 0 radical (unpaired) electrons. The SMILES string of the molecule is CCNC(=NCc1coc(-c2ccc(C)cc2)n1)NCC(O)c1ccc(OC(F)F)cc1. The fourth-order valence-corrected chi connectivity index (χ4v) is 2.89. The maximum absolute atomic E-state index is 12.2. The van der Waals surface area contributed by atoms with Crippen LogP contribution in [0.15, 0.2) is 64.2 Å². The first kappa shape index (κ1) is 23.2. The fourth-order valence-electron chi connectivity index (χ4n) is 2.89. The van der Waals surface area contributed by atoms with Crippen molar-refractivity contribution in [1.82, 2.24) is 15.6 Å². The minimum absolute atomic E-state index is 0.0384. The Labute approximate surface area is 185 Å². The third-order valence-corrected chi connectivity index (χ3v) is 4.55. The first-order valence-electron chi connectivity index (χ1n) is 10.2. The van der Waals surface area contributed by atoms with Gasteiger partial charge in [-0.3, -0.25) is 0 Å². The Morgan fingerprint density at radius 3 is 2.50 bits per heavy atom.